The van der Waals surface area contributed by atoms with Crippen molar-refractivity contribution in [3.63, 3.8) is 0 Å². The monoisotopic (exact) mass is 578 g/mol. The molecular formula is C33H33F3N2O4. The SMILES string of the molecule is CCCc1cc2oc(-c3ccc(C)cc3)c(C(=O)NC)c2cc1-c1ccc(F)c(C(=O)NC2(C)CC(OC(F)F)C2)c1. The summed E-state index contributed by atoms with van der Waals surface area (Å²) in [6.07, 6.45) is 1.25. The summed E-state index contributed by atoms with van der Waals surface area (Å²) in [6.45, 7) is 2.85. The van der Waals surface area contributed by atoms with E-state index in [1.54, 1.807) is 20.0 Å². The standard InChI is InChI=1S/C33H33F3N2O4/c1-5-6-20-14-27-25(28(31(40)37-4)29(42-27)19-9-7-18(2)8-10-19)15-23(20)21-11-12-26(34)24(13-21)30(39)38-33(3)16-22(17-33)41-32(35)36/h7-15,22,32H,5-6,16-17H2,1-4H3,(H,37,40)(H,38,39). The van der Waals surface area contributed by atoms with Gasteiger partial charge in [-0.3, -0.25) is 9.59 Å². The van der Waals surface area contributed by atoms with Crippen molar-refractivity contribution in [3.05, 3.63) is 82.7 Å². The van der Waals surface area contributed by atoms with E-state index in [1.807, 2.05) is 50.2 Å². The molecule has 1 aliphatic carbocycles. The molecule has 0 unspecified atom stereocenters. The third kappa shape index (κ3) is 5.79. The largest absolute Gasteiger partial charge is 0.455 e. The number of furan rings is 1. The Morgan fingerprint density at radius 3 is 2.38 bits per heavy atom. The minimum absolute atomic E-state index is 0.159. The van der Waals surface area contributed by atoms with Gasteiger partial charge in [0.15, 0.2) is 0 Å². The highest BCUT2D eigenvalue weighted by molar-refractivity contribution is 6.12. The highest BCUT2D eigenvalue weighted by atomic mass is 19.3. The molecule has 0 spiro atoms. The number of aryl methyl sites for hydroxylation is 2. The van der Waals surface area contributed by atoms with Crippen LogP contribution in [0.4, 0.5) is 13.2 Å². The van der Waals surface area contributed by atoms with Crippen molar-refractivity contribution in [2.45, 2.75) is 64.7 Å². The number of hydrogen-bond acceptors (Lipinski definition) is 4. The number of hydrogen-bond donors (Lipinski definition) is 2. The van der Waals surface area contributed by atoms with Crippen LogP contribution in [0, 0.1) is 12.7 Å². The first-order valence-corrected chi connectivity index (χ1v) is 14.0. The quantitative estimate of drug-likeness (QED) is 0.217. The van der Waals surface area contributed by atoms with E-state index in [-0.39, 0.29) is 24.3 Å². The predicted octanol–water partition coefficient (Wildman–Crippen LogP) is 7.42. The highest BCUT2D eigenvalue weighted by Gasteiger charge is 2.43. The van der Waals surface area contributed by atoms with Gasteiger partial charge in [0.1, 0.15) is 17.2 Å². The van der Waals surface area contributed by atoms with Crippen LogP contribution in [0.3, 0.4) is 0 Å². The van der Waals surface area contributed by atoms with Crippen LogP contribution in [0.1, 0.15) is 65.0 Å². The molecular weight excluding hydrogens is 545 g/mol. The van der Waals surface area contributed by atoms with E-state index in [2.05, 4.69) is 15.4 Å². The summed E-state index contributed by atoms with van der Waals surface area (Å²) in [7, 11) is 1.56. The zero-order valence-corrected chi connectivity index (χ0v) is 23.9. The summed E-state index contributed by atoms with van der Waals surface area (Å²) in [5.41, 5.74) is 4.12. The van der Waals surface area contributed by atoms with E-state index in [4.69, 9.17) is 4.42 Å². The molecule has 9 heteroatoms. The average molecular weight is 579 g/mol. The Hall–Kier alpha value is -4.11. The first-order valence-electron chi connectivity index (χ1n) is 14.0. The van der Waals surface area contributed by atoms with Gasteiger partial charge < -0.3 is 19.8 Å². The van der Waals surface area contributed by atoms with Crippen LogP contribution in [-0.4, -0.2) is 37.1 Å². The van der Waals surface area contributed by atoms with E-state index in [0.717, 1.165) is 28.7 Å². The zero-order valence-electron chi connectivity index (χ0n) is 23.9. The Morgan fingerprint density at radius 1 is 1.05 bits per heavy atom. The maximum atomic E-state index is 15.0. The van der Waals surface area contributed by atoms with Crippen LogP contribution in [0.2, 0.25) is 0 Å². The Kier molecular flexibility index (Phi) is 8.14. The number of rotatable bonds is 9. The van der Waals surface area contributed by atoms with Crippen molar-refractivity contribution in [1.82, 2.24) is 10.6 Å². The number of carbonyl (C=O) groups is 2. The molecule has 0 bridgehead atoms. The average Bonchev–Trinajstić information content (AvgIpc) is 3.30. The number of benzene rings is 3. The lowest BCUT2D eigenvalue weighted by Gasteiger charge is -2.45. The molecule has 1 aromatic heterocycles. The Labute approximate surface area is 242 Å². The summed E-state index contributed by atoms with van der Waals surface area (Å²) in [6, 6.07) is 15.8. The Morgan fingerprint density at radius 2 is 1.74 bits per heavy atom. The van der Waals surface area contributed by atoms with Gasteiger partial charge in [0.25, 0.3) is 11.8 Å². The second-order valence-electron chi connectivity index (χ2n) is 11.1. The summed E-state index contributed by atoms with van der Waals surface area (Å²) in [5.74, 6) is -1.19. The van der Waals surface area contributed by atoms with Gasteiger partial charge in [-0.25, -0.2) is 4.39 Å². The molecule has 1 saturated carbocycles. The first kappa shape index (κ1) is 29.4. The van der Waals surface area contributed by atoms with E-state index in [1.165, 1.54) is 12.1 Å². The van der Waals surface area contributed by atoms with Gasteiger partial charge >= 0.3 is 6.61 Å². The van der Waals surface area contributed by atoms with E-state index in [9.17, 15) is 22.8 Å². The number of amides is 2. The molecule has 1 heterocycles. The van der Waals surface area contributed by atoms with Gasteiger partial charge in [-0.1, -0.05) is 49.2 Å². The number of nitrogens with one attached hydrogen (secondary N) is 2. The molecule has 0 atom stereocenters. The molecule has 0 aliphatic heterocycles. The fourth-order valence-electron chi connectivity index (χ4n) is 5.69. The minimum Gasteiger partial charge on any atom is -0.455 e. The molecule has 3 aromatic carbocycles. The van der Waals surface area contributed by atoms with Crippen molar-refractivity contribution in [2.75, 3.05) is 7.05 Å². The van der Waals surface area contributed by atoms with Crippen molar-refractivity contribution in [2.24, 2.45) is 0 Å². The molecule has 42 heavy (non-hydrogen) atoms. The van der Waals surface area contributed by atoms with Gasteiger partial charge in [0.2, 0.25) is 0 Å². The van der Waals surface area contributed by atoms with Crippen molar-refractivity contribution in [1.29, 1.82) is 0 Å². The molecule has 0 radical (unpaired) electrons. The third-order valence-electron chi connectivity index (χ3n) is 7.79. The van der Waals surface area contributed by atoms with Crippen LogP contribution in [-0.2, 0) is 11.2 Å². The third-order valence-corrected chi connectivity index (χ3v) is 7.79. The summed E-state index contributed by atoms with van der Waals surface area (Å²) >= 11 is 0. The summed E-state index contributed by atoms with van der Waals surface area (Å²) < 4.78 is 50.8. The van der Waals surface area contributed by atoms with Crippen LogP contribution in [0.15, 0.2) is 59.0 Å². The maximum absolute atomic E-state index is 15.0. The lowest BCUT2D eigenvalue weighted by Crippen LogP contribution is -2.58. The van der Waals surface area contributed by atoms with Crippen LogP contribution in [0.5, 0.6) is 0 Å². The fraction of sp³-hybridized carbons (Fsp3) is 0.333. The van der Waals surface area contributed by atoms with Gasteiger partial charge in [0.05, 0.1) is 17.2 Å². The van der Waals surface area contributed by atoms with Crippen molar-refractivity contribution in [3.8, 4) is 22.5 Å². The minimum atomic E-state index is -2.88. The van der Waals surface area contributed by atoms with E-state index < -0.39 is 30.0 Å². The van der Waals surface area contributed by atoms with Crippen LogP contribution >= 0.6 is 0 Å². The number of alkyl halides is 2. The number of halogens is 3. The van der Waals surface area contributed by atoms with Crippen LogP contribution < -0.4 is 10.6 Å². The highest BCUT2D eigenvalue weighted by Crippen LogP contribution is 2.39. The molecule has 1 aliphatic rings. The second kappa shape index (κ2) is 11.6. The molecule has 5 rings (SSSR count). The summed E-state index contributed by atoms with van der Waals surface area (Å²) in [4.78, 5) is 26.3. The molecule has 4 aromatic rings. The molecule has 2 amide bonds. The summed E-state index contributed by atoms with van der Waals surface area (Å²) in [5, 5.41) is 6.09. The number of fused-ring (bicyclic) bond motifs is 1. The Bertz CT molecular complexity index is 1640. The lowest BCUT2D eigenvalue weighted by molar-refractivity contribution is -0.194. The first-order chi connectivity index (χ1) is 20.0. The van der Waals surface area contributed by atoms with Gasteiger partial charge in [0, 0.05) is 23.5 Å². The topological polar surface area (TPSA) is 80.6 Å². The predicted molar refractivity (Wildman–Crippen MR) is 155 cm³/mol. The fourth-order valence-corrected chi connectivity index (χ4v) is 5.69. The molecule has 2 N–H and O–H groups in total. The molecule has 6 nitrogen and oxygen atoms in total. The number of carbonyl (C=O) groups excluding carboxylic acids is 2. The normalized spacial score (nSPS) is 18.2. The van der Waals surface area contributed by atoms with Crippen molar-refractivity contribution >= 4 is 22.8 Å². The number of ether oxygens (including phenoxy) is 1. The zero-order chi connectivity index (χ0) is 30.2. The maximum Gasteiger partial charge on any atom is 0.345 e. The molecule has 220 valence electrons. The molecule has 0 saturated heterocycles. The van der Waals surface area contributed by atoms with Gasteiger partial charge in [-0.15, -0.1) is 0 Å². The van der Waals surface area contributed by atoms with E-state index >= 15 is 0 Å². The van der Waals surface area contributed by atoms with Gasteiger partial charge in [-0.05, 0) is 74.1 Å². The Balaban J connectivity index is 1.56. The van der Waals surface area contributed by atoms with Crippen molar-refractivity contribution < 1.29 is 31.9 Å². The molecule has 1 fully saturated rings. The smallest absolute Gasteiger partial charge is 0.345 e. The van der Waals surface area contributed by atoms with E-state index in [0.29, 0.717) is 34.3 Å². The lowest BCUT2D eigenvalue weighted by atomic mass is 9.75. The van der Waals surface area contributed by atoms with Gasteiger partial charge in [-0.2, -0.15) is 8.78 Å². The second-order valence-corrected chi connectivity index (χ2v) is 11.1. The van der Waals surface area contributed by atoms with Crippen LogP contribution in [0.25, 0.3) is 33.4 Å².